The largest absolute Gasteiger partial charge is 0.465 e. The molecule has 0 amide bonds. The van der Waals surface area contributed by atoms with Crippen LogP contribution in [0, 0.1) is 13.8 Å². The minimum absolute atomic E-state index is 0.335. The molecule has 0 aliphatic heterocycles. The molecular formula is C22H22N2O2. The number of carbonyl (C=O) groups is 1. The summed E-state index contributed by atoms with van der Waals surface area (Å²) < 4.78 is 6.77. The van der Waals surface area contributed by atoms with E-state index in [4.69, 9.17) is 4.74 Å². The molecule has 4 heteroatoms. The van der Waals surface area contributed by atoms with E-state index < -0.39 is 0 Å². The van der Waals surface area contributed by atoms with Crippen LogP contribution in [0.4, 0.5) is 0 Å². The van der Waals surface area contributed by atoms with Gasteiger partial charge in [0, 0.05) is 12.4 Å². The Balaban J connectivity index is 1.95. The standard InChI is InChI=1S/C22H22N2O2/c1-5-20-16(3)15(2)18(14-21(20)22(25)26-4)13-17-7-9-19(10-8-17)24-12-6-11-23-24/h5-12,14H,1,13H2,2-4H3. The maximum atomic E-state index is 12.2. The van der Waals surface area contributed by atoms with Gasteiger partial charge in [-0.15, -0.1) is 0 Å². The van der Waals surface area contributed by atoms with Crippen molar-refractivity contribution in [1.82, 2.24) is 9.78 Å². The molecule has 0 N–H and O–H groups in total. The van der Waals surface area contributed by atoms with E-state index in [0.717, 1.165) is 28.8 Å². The normalized spacial score (nSPS) is 10.6. The Morgan fingerprint density at radius 2 is 1.96 bits per heavy atom. The highest BCUT2D eigenvalue weighted by Gasteiger charge is 2.16. The van der Waals surface area contributed by atoms with Crippen molar-refractivity contribution in [2.75, 3.05) is 7.11 Å². The van der Waals surface area contributed by atoms with E-state index in [1.54, 1.807) is 12.3 Å². The van der Waals surface area contributed by atoms with Crippen molar-refractivity contribution in [3.63, 3.8) is 0 Å². The van der Waals surface area contributed by atoms with E-state index in [0.29, 0.717) is 5.56 Å². The number of nitrogens with zero attached hydrogens (tertiary/aromatic N) is 2. The van der Waals surface area contributed by atoms with E-state index in [9.17, 15) is 4.79 Å². The first kappa shape index (κ1) is 17.7. The van der Waals surface area contributed by atoms with Gasteiger partial charge in [0.15, 0.2) is 0 Å². The molecule has 26 heavy (non-hydrogen) atoms. The zero-order valence-corrected chi connectivity index (χ0v) is 15.3. The molecule has 0 unspecified atom stereocenters. The zero-order valence-electron chi connectivity index (χ0n) is 15.3. The molecule has 3 rings (SSSR count). The lowest BCUT2D eigenvalue weighted by atomic mass is 9.90. The van der Waals surface area contributed by atoms with Crippen molar-refractivity contribution in [2.45, 2.75) is 20.3 Å². The lowest BCUT2D eigenvalue weighted by Crippen LogP contribution is -2.08. The van der Waals surface area contributed by atoms with Crippen LogP contribution in [0.1, 0.15) is 38.2 Å². The molecule has 132 valence electrons. The number of carbonyl (C=O) groups excluding carboxylic acids is 1. The van der Waals surface area contributed by atoms with Crippen molar-refractivity contribution in [3.05, 3.63) is 88.8 Å². The number of hydrogen-bond donors (Lipinski definition) is 0. The fraction of sp³-hybridized carbons (Fsp3) is 0.182. The number of esters is 1. The average molecular weight is 346 g/mol. The van der Waals surface area contributed by atoms with Gasteiger partial charge in [-0.2, -0.15) is 5.10 Å². The molecular weight excluding hydrogens is 324 g/mol. The number of benzene rings is 2. The molecule has 1 heterocycles. The van der Waals surface area contributed by atoms with E-state index in [1.807, 2.05) is 42.1 Å². The molecule has 1 aromatic heterocycles. The minimum Gasteiger partial charge on any atom is -0.465 e. The van der Waals surface area contributed by atoms with Crippen LogP contribution in [-0.2, 0) is 11.2 Å². The molecule has 0 aliphatic rings. The summed E-state index contributed by atoms with van der Waals surface area (Å²) in [7, 11) is 1.40. The third-order valence-electron chi connectivity index (χ3n) is 4.77. The third-order valence-corrected chi connectivity index (χ3v) is 4.77. The van der Waals surface area contributed by atoms with Gasteiger partial charge in [0.2, 0.25) is 0 Å². The lowest BCUT2D eigenvalue weighted by Gasteiger charge is -2.16. The Bertz CT molecular complexity index is 939. The fourth-order valence-corrected chi connectivity index (χ4v) is 3.14. The molecule has 0 bridgehead atoms. The molecule has 0 saturated heterocycles. The van der Waals surface area contributed by atoms with Crippen LogP contribution in [0.3, 0.4) is 0 Å². The molecule has 4 nitrogen and oxygen atoms in total. The molecule has 3 aromatic rings. The summed E-state index contributed by atoms with van der Waals surface area (Å²) in [5.74, 6) is -0.335. The summed E-state index contributed by atoms with van der Waals surface area (Å²) in [5, 5.41) is 4.24. The SMILES string of the molecule is C=Cc1c(C(=O)OC)cc(Cc2ccc(-n3cccn3)cc2)c(C)c1C. The van der Waals surface area contributed by atoms with Crippen LogP contribution in [0.2, 0.25) is 0 Å². The first-order valence-electron chi connectivity index (χ1n) is 8.48. The fourth-order valence-electron chi connectivity index (χ4n) is 3.14. The van der Waals surface area contributed by atoms with E-state index in [2.05, 4.69) is 30.7 Å². The summed E-state index contributed by atoms with van der Waals surface area (Å²) in [6, 6.07) is 12.1. The monoisotopic (exact) mass is 346 g/mol. The Morgan fingerprint density at radius 3 is 2.54 bits per heavy atom. The van der Waals surface area contributed by atoms with Crippen LogP contribution in [0.5, 0.6) is 0 Å². The Kier molecular flexibility index (Phi) is 5.03. The number of rotatable bonds is 5. The van der Waals surface area contributed by atoms with Gasteiger partial charge >= 0.3 is 5.97 Å². The molecule has 0 saturated carbocycles. The first-order valence-corrected chi connectivity index (χ1v) is 8.48. The Morgan fingerprint density at radius 1 is 1.23 bits per heavy atom. The van der Waals surface area contributed by atoms with E-state index in [1.165, 1.54) is 18.2 Å². The average Bonchev–Trinajstić information content (AvgIpc) is 3.20. The summed E-state index contributed by atoms with van der Waals surface area (Å²) in [6.45, 7) is 7.94. The second kappa shape index (κ2) is 7.40. The van der Waals surface area contributed by atoms with Crippen LogP contribution in [-0.4, -0.2) is 22.9 Å². The molecule has 0 radical (unpaired) electrons. The summed E-state index contributed by atoms with van der Waals surface area (Å²) in [5.41, 5.74) is 6.94. The highest BCUT2D eigenvalue weighted by molar-refractivity contribution is 5.94. The van der Waals surface area contributed by atoms with Crippen molar-refractivity contribution in [1.29, 1.82) is 0 Å². The highest BCUT2D eigenvalue weighted by Crippen LogP contribution is 2.26. The number of ether oxygens (including phenoxy) is 1. The second-order valence-electron chi connectivity index (χ2n) is 6.24. The van der Waals surface area contributed by atoms with Gasteiger partial charge in [0.25, 0.3) is 0 Å². The van der Waals surface area contributed by atoms with Crippen molar-refractivity contribution < 1.29 is 9.53 Å². The van der Waals surface area contributed by atoms with Gasteiger partial charge in [-0.25, -0.2) is 9.48 Å². The molecule has 0 fully saturated rings. The number of methoxy groups -OCH3 is 1. The Hall–Kier alpha value is -3.14. The molecule has 2 aromatic carbocycles. The van der Waals surface area contributed by atoms with Crippen LogP contribution < -0.4 is 0 Å². The lowest BCUT2D eigenvalue weighted by molar-refractivity contribution is 0.0600. The highest BCUT2D eigenvalue weighted by atomic mass is 16.5. The summed E-state index contributed by atoms with van der Waals surface area (Å²) in [6.07, 6.45) is 6.14. The van der Waals surface area contributed by atoms with Crippen LogP contribution in [0.25, 0.3) is 11.8 Å². The zero-order chi connectivity index (χ0) is 18.7. The van der Waals surface area contributed by atoms with Gasteiger partial charge in [0.1, 0.15) is 0 Å². The van der Waals surface area contributed by atoms with Crippen molar-refractivity contribution in [3.8, 4) is 5.69 Å². The van der Waals surface area contributed by atoms with Crippen molar-refractivity contribution >= 4 is 12.0 Å². The van der Waals surface area contributed by atoms with E-state index in [-0.39, 0.29) is 5.97 Å². The third kappa shape index (κ3) is 3.31. The van der Waals surface area contributed by atoms with Gasteiger partial charge in [-0.3, -0.25) is 0 Å². The molecule has 0 aliphatic carbocycles. The second-order valence-corrected chi connectivity index (χ2v) is 6.24. The predicted molar refractivity (Wildman–Crippen MR) is 104 cm³/mol. The maximum Gasteiger partial charge on any atom is 0.338 e. The van der Waals surface area contributed by atoms with Gasteiger partial charge in [0.05, 0.1) is 18.4 Å². The summed E-state index contributed by atoms with van der Waals surface area (Å²) in [4.78, 5) is 12.2. The van der Waals surface area contributed by atoms with Crippen LogP contribution >= 0.6 is 0 Å². The summed E-state index contributed by atoms with van der Waals surface area (Å²) >= 11 is 0. The number of aromatic nitrogens is 2. The first-order chi connectivity index (χ1) is 12.5. The van der Waals surface area contributed by atoms with E-state index >= 15 is 0 Å². The van der Waals surface area contributed by atoms with Gasteiger partial charge in [-0.1, -0.05) is 24.8 Å². The number of hydrogen-bond acceptors (Lipinski definition) is 3. The Labute approximate surface area is 153 Å². The maximum absolute atomic E-state index is 12.2. The predicted octanol–water partition coefficient (Wildman–Crippen LogP) is 4.51. The van der Waals surface area contributed by atoms with Crippen molar-refractivity contribution in [2.24, 2.45) is 0 Å². The minimum atomic E-state index is -0.335. The smallest absolute Gasteiger partial charge is 0.338 e. The topological polar surface area (TPSA) is 44.1 Å². The molecule has 0 spiro atoms. The quantitative estimate of drug-likeness (QED) is 0.639. The van der Waals surface area contributed by atoms with Crippen LogP contribution in [0.15, 0.2) is 55.4 Å². The van der Waals surface area contributed by atoms with Gasteiger partial charge < -0.3 is 4.74 Å². The van der Waals surface area contributed by atoms with Gasteiger partial charge in [-0.05, 0) is 72.4 Å². The molecule has 0 atom stereocenters.